The fourth-order valence-corrected chi connectivity index (χ4v) is 6.82. The van der Waals surface area contributed by atoms with E-state index in [2.05, 4.69) is 0 Å². The van der Waals surface area contributed by atoms with Crippen molar-refractivity contribution in [3.05, 3.63) is 59.7 Å². The molecule has 0 aliphatic heterocycles. The van der Waals surface area contributed by atoms with Gasteiger partial charge in [0.05, 0.1) is 26.4 Å². The van der Waals surface area contributed by atoms with Gasteiger partial charge in [-0.1, -0.05) is 49.2 Å². The summed E-state index contributed by atoms with van der Waals surface area (Å²) in [5, 5.41) is 31.6. The number of unbranched alkanes of at least 4 members (excludes halogenated alkanes) is 2. The Morgan fingerprint density at radius 3 is 1.74 bits per heavy atom. The zero-order chi connectivity index (χ0) is 34.2. The summed E-state index contributed by atoms with van der Waals surface area (Å²) in [4.78, 5) is 55.0. The number of phenolic OH excluding ortho intramolecular Hbond substituents is 2. The Morgan fingerprint density at radius 2 is 1.26 bits per heavy atom. The Hall–Kier alpha value is -2.19. The highest BCUT2D eigenvalue weighted by atomic mass is 31.2. The van der Waals surface area contributed by atoms with Crippen molar-refractivity contribution >= 4 is 21.0 Å². The third-order valence-corrected chi connectivity index (χ3v) is 8.91. The predicted octanol–water partition coefficient (Wildman–Crippen LogP) is 2.97. The van der Waals surface area contributed by atoms with Crippen LogP contribution < -0.4 is 0 Å². The molecule has 0 aliphatic carbocycles. The Kier molecular flexibility index (Phi) is 17.6. The monoisotopic (exact) mass is 690 g/mol. The lowest BCUT2D eigenvalue weighted by atomic mass is 9.97. The molecule has 0 radical (unpaired) electrons. The largest absolute Gasteiger partial charge is 0.508 e. The van der Waals surface area contributed by atoms with Crippen molar-refractivity contribution < 1.29 is 58.3 Å². The number of ketones is 1. The molecule has 2 rings (SSSR count). The maximum absolute atomic E-state index is 12.4. The highest BCUT2D eigenvalue weighted by Crippen LogP contribution is 2.41. The summed E-state index contributed by atoms with van der Waals surface area (Å²) < 4.78 is 34.9. The molecule has 0 fully saturated rings. The number of carbonyl (C=O) groups excluding carboxylic acids is 1. The molecule has 260 valence electrons. The molecule has 14 nitrogen and oxygen atoms in total. The number of benzene rings is 2. The minimum Gasteiger partial charge on any atom is -0.508 e. The average Bonchev–Trinajstić information content (AvgIpc) is 2.96. The standard InChI is InChI=1S/C30H48N2O12P2/c1-43-17-18-44-16-15-26(34)11-3-2-4-12-27(31(22-45(37,38)39)19-24-9-5-7-13-29(24)35)28(21-33)32(23-46(40,41)42)20-25-10-6-8-14-30(25)36/h5-10,13-14,27-28,33,35-36H,2-4,11-12,15-23H2,1H3,(H2,37,38,39)(H2,40,41,42). The summed E-state index contributed by atoms with van der Waals surface area (Å²) in [5.74, 6) is -0.203. The van der Waals surface area contributed by atoms with Crippen LogP contribution in [-0.4, -0.2) is 109 Å². The molecular formula is C30H48N2O12P2. The molecule has 0 bridgehead atoms. The molecule has 0 heterocycles. The highest BCUT2D eigenvalue weighted by molar-refractivity contribution is 7.51. The second-order valence-corrected chi connectivity index (χ2v) is 14.4. The molecule has 0 amide bonds. The van der Waals surface area contributed by atoms with E-state index in [-0.39, 0.29) is 43.2 Å². The minimum atomic E-state index is -4.72. The van der Waals surface area contributed by atoms with Crippen molar-refractivity contribution in [1.82, 2.24) is 9.80 Å². The average molecular weight is 691 g/mol. The van der Waals surface area contributed by atoms with E-state index < -0.39 is 46.5 Å². The van der Waals surface area contributed by atoms with Crippen molar-refractivity contribution in [2.75, 3.05) is 46.1 Å². The normalized spacial score (nSPS) is 13.7. The minimum absolute atomic E-state index is 0.0281. The van der Waals surface area contributed by atoms with Crippen molar-refractivity contribution in [1.29, 1.82) is 0 Å². The van der Waals surface area contributed by atoms with Crippen molar-refractivity contribution in [2.24, 2.45) is 0 Å². The molecule has 16 heteroatoms. The van der Waals surface area contributed by atoms with Crippen LogP contribution in [0.25, 0.3) is 0 Å². The molecule has 2 aromatic rings. The molecule has 2 aromatic carbocycles. The van der Waals surface area contributed by atoms with Gasteiger partial charge in [0.15, 0.2) is 0 Å². The SMILES string of the molecule is COCCOCCC(=O)CCCCCC(C(CO)N(Cc1ccccc1O)CP(=O)(O)O)N(Cc1ccccc1O)CP(=O)(O)O. The van der Waals surface area contributed by atoms with Crippen LogP contribution >= 0.6 is 15.2 Å². The molecule has 7 N–H and O–H groups in total. The summed E-state index contributed by atoms with van der Waals surface area (Å²) in [6, 6.07) is 10.6. The summed E-state index contributed by atoms with van der Waals surface area (Å²) in [7, 11) is -7.88. The van der Waals surface area contributed by atoms with Gasteiger partial charge in [0.25, 0.3) is 0 Å². The number of aromatic hydroxyl groups is 2. The maximum Gasteiger partial charge on any atom is 0.339 e. The number of Topliss-reactive ketones (excluding diaryl/α,β-unsaturated/α-hetero) is 1. The van der Waals surface area contributed by atoms with Crippen LogP contribution in [0, 0.1) is 0 Å². The summed E-state index contributed by atoms with van der Waals surface area (Å²) in [5.41, 5.74) is 0.693. The van der Waals surface area contributed by atoms with Gasteiger partial charge < -0.3 is 44.4 Å². The molecular weight excluding hydrogens is 642 g/mol. The molecule has 2 atom stereocenters. The Bertz CT molecular complexity index is 1290. The second-order valence-electron chi connectivity index (χ2n) is 11.2. The van der Waals surface area contributed by atoms with Gasteiger partial charge in [-0.15, -0.1) is 0 Å². The number of para-hydroxylation sites is 2. The zero-order valence-corrected chi connectivity index (χ0v) is 27.9. The number of ether oxygens (including phenoxy) is 2. The van der Waals surface area contributed by atoms with Crippen LogP contribution in [-0.2, 0) is 36.5 Å². The van der Waals surface area contributed by atoms with Crippen LogP contribution in [0.5, 0.6) is 11.5 Å². The third-order valence-electron chi connectivity index (χ3n) is 7.44. The number of hydrogen-bond donors (Lipinski definition) is 7. The van der Waals surface area contributed by atoms with E-state index >= 15 is 0 Å². The van der Waals surface area contributed by atoms with Gasteiger partial charge in [-0.2, -0.15) is 0 Å². The molecule has 0 spiro atoms. The fraction of sp³-hybridized carbons (Fsp3) is 0.567. The number of aliphatic hydroxyl groups is 1. The summed E-state index contributed by atoms with van der Waals surface area (Å²) >= 11 is 0. The first-order valence-corrected chi connectivity index (χ1v) is 18.6. The van der Waals surface area contributed by atoms with Crippen LogP contribution in [0.15, 0.2) is 48.5 Å². The Labute approximate surface area is 269 Å². The van der Waals surface area contributed by atoms with E-state index in [1.807, 2.05) is 0 Å². The highest BCUT2D eigenvalue weighted by Gasteiger charge is 2.37. The topological polar surface area (TPSA) is 218 Å². The number of phenols is 2. The number of nitrogens with zero attached hydrogens (tertiary/aromatic N) is 2. The van der Waals surface area contributed by atoms with Gasteiger partial charge in [-0.3, -0.25) is 23.7 Å². The molecule has 0 aliphatic rings. The lowest BCUT2D eigenvalue weighted by molar-refractivity contribution is -0.120. The number of hydrogen-bond acceptors (Lipinski definition) is 10. The molecule has 0 aromatic heterocycles. The van der Waals surface area contributed by atoms with Gasteiger partial charge >= 0.3 is 15.2 Å². The van der Waals surface area contributed by atoms with Gasteiger partial charge in [0.1, 0.15) is 29.9 Å². The van der Waals surface area contributed by atoms with Crippen LogP contribution in [0.4, 0.5) is 0 Å². The first kappa shape index (κ1) is 40.0. The lowest BCUT2D eigenvalue weighted by Crippen LogP contribution is -2.53. The Morgan fingerprint density at radius 1 is 0.739 bits per heavy atom. The van der Waals surface area contributed by atoms with Crippen LogP contribution in [0.2, 0.25) is 0 Å². The second kappa shape index (κ2) is 20.2. The quantitative estimate of drug-likeness (QED) is 0.0623. The van der Waals surface area contributed by atoms with Gasteiger partial charge in [0, 0.05) is 56.3 Å². The number of rotatable bonds is 24. The summed E-state index contributed by atoms with van der Waals surface area (Å²) in [6.45, 7) is 0.162. The van der Waals surface area contributed by atoms with E-state index in [0.717, 1.165) is 0 Å². The Balaban J connectivity index is 2.35. The molecule has 2 unspecified atom stereocenters. The number of carbonyl (C=O) groups is 1. The molecule has 0 saturated heterocycles. The first-order valence-electron chi connectivity index (χ1n) is 15.0. The van der Waals surface area contributed by atoms with Crippen molar-refractivity contribution in [3.8, 4) is 11.5 Å². The van der Waals surface area contributed by atoms with Gasteiger partial charge in [0.2, 0.25) is 0 Å². The van der Waals surface area contributed by atoms with Crippen LogP contribution in [0.1, 0.15) is 49.7 Å². The van der Waals surface area contributed by atoms with E-state index in [9.17, 15) is 48.8 Å². The van der Waals surface area contributed by atoms with E-state index in [1.165, 1.54) is 21.9 Å². The van der Waals surface area contributed by atoms with E-state index in [1.54, 1.807) is 43.5 Å². The van der Waals surface area contributed by atoms with Gasteiger partial charge in [-0.05, 0) is 25.0 Å². The number of aliphatic hydroxyl groups excluding tert-OH is 1. The first-order chi connectivity index (χ1) is 21.7. The van der Waals surface area contributed by atoms with Crippen molar-refractivity contribution in [3.63, 3.8) is 0 Å². The molecule has 46 heavy (non-hydrogen) atoms. The van der Waals surface area contributed by atoms with E-state index in [4.69, 9.17) is 9.47 Å². The third kappa shape index (κ3) is 15.6. The maximum atomic E-state index is 12.4. The summed E-state index contributed by atoms with van der Waals surface area (Å²) in [6.07, 6.45) is 0.791. The van der Waals surface area contributed by atoms with Crippen molar-refractivity contribution in [2.45, 2.75) is 63.7 Å². The lowest BCUT2D eigenvalue weighted by Gasteiger charge is -2.42. The number of methoxy groups -OCH3 is 1. The zero-order valence-electron chi connectivity index (χ0n) is 26.1. The molecule has 0 saturated carbocycles. The predicted molar refractivity (Wildman–Crippen MR) is 171 cm³/mol. The van der Waals surface area contributed by atoms with Gasteiger partial charge in [-0.25, -0.2) is 0 Å². The fourth-order valence-electron chi connectivity index (χ4n) is 5.25. The van der Waals surface area contributed by atoms with E-state index in [0.29, 0.717) is 56.6 Å². The smallest absolute Gasteiger partial charge is 0.339 e. The van der Waals surface area contributed by atoms with Crippen LogP contribution in [0.3, 0.4) is 0 Å².